The molecule has 0 heterocycles. The van der Waals surface area contributed by atoms with Gasteiger partial charge < -0.3 is 19.7 Å². The van der Waals surface area contributed by atoms with Crippen molar-refractivity contribution in [3.8, 4) is 11.5 Å². The van der Waals surface area contributed by atoms with Crippen molar-refractivity contribution in [2.45, 2.75) is 52.7 Å². The van der Waals surface area contributed by atoms with Gasteiger partial charge in [-0.2, -0.15) is 0 Å². The van der Waals surface area contributed by atoms with Crippen molar-refractivity contribution in [2.24, 2.45) is 0 Å². The number of ether oxygens (including phenoxy) is 2. The second kappa shape index (κ2) is 12.8. The minimum absolute atomic E-state index is 0.0593. The molecule has 190 valence electrons. The van der Waals surface area contributed by atoms with Gasteiger partial charge in [-0.3, -0.25) is 9.59 Å². The summed E-state index contributed by atoms with van der Waals surface area (Å²) < 4.78 is 11.3. The molecule has 0 aliphatic rings. The molecule has 1 N–H and O–H groups in total. The second-order valence-electron chi connectivity index (χ2n) is 9.30. The van der Waals surface area contributed by atoms with Crippen LogP contribution < -0.4 is 14.8 Å². The van der Waals surface area contributed by atoms with Crippen LogP contribution in [-0.4, -0.2) is 42.5 Å². The Morgan fingerprint density at radius 1 is 0.917 bits per heavy atom. The van der Waals surface area contributed by atoms with Crippen LogP contribution in [-0.2, 0) is 22.6 Å². The first kappa shape index (κ1) is 26.8. The van der Waals surface area contributed by atoms with E-state index in [0.29, 0.717) is 17.9 Å². The number of rotatable bonds is 11. The third-order valence-electron chi connectivity index (χ3n) is 5.87. The Kier molecular flexibility index (Phi) is 9.51. The third kappa shape index (κ3) is 7.60. The largest absolute Gasteiger partial charge is 0.497 e. The van der Waals surface area contributed by atoms with E-state index in [1.165, 1.54) is 0 Å². The molecule has 3 rings (SSSR count). The zero-order valence-corrected chi connectivity index (χ0v) is 21.8. The number of benzene rings is 3. The highest BCUT2D eigenvalue weighted by Crippen LogP contribution is 2.21. The number of carbonyl (C=O) groups excluding carboxylic acids is 2. The molecule has 3 aromatic rings. The fraction of sp³-hybridized carbons (Fsp3) is 0.333. The van der Waals surface area contributed by atoms with Crippen LogP contribution in [0.2, 0.25) is 0 Å². The molecule has 6 nitrogen and oxygen atoms in total. The van der Waals surface area contributed by atoms with Crippen LogP contribution in [0.1, 0.15) is 36.1 Å². The van der Waals surface area contributed by atoms with E-state index in [1.807, 2.05) is 100 Å². The number of methoxy groups -OCH3 is 1. The normalized spacial score (nSPS) is 11.6. The van der Waals surface area contributed by atoms with E-state index in [9.17, 15) is 9.59 Å². The summed E-state index contributed by atoms with van der Waals surface area (Å²) in [5.41, 5.74) is 3.92. The van der Waals surface area contributed by atoms with Crippen molar-refractivity contribution in [3.63, 3.8) is 0 Å². The average molecular weight is 489 g/mol. The Hall–Kier alpha value is -3.80. The number of amides is 2. The van der Waals surface area contributed by atoms with E-state index in [0.717, 1.165) is 22.3 Å². The predicted octanol–water partition coefficient (Wildman–Crippen LogP) is 4.86. The molecule has 0 radical (unpaired) electrons. The molecule has 1 atom stereocenters. The molecule has 0 spiro atoms. The summed E-state index contributed by atoms with van der Waals surface area (Å²) >= 11 is 0. The van der Waals surface area contributed by atoms with E-state index >= 15 is 0 Å². The summed E-state index contributed by atoms with van der Waals surface area (Å²) in [4.78, 5) is 28.7. The number of nitrogens with one attached hydrogen (secondary N) is 1. The summed E-state index contributed by atoms with van der Waals surface area (Å²) in [5, 5.41) is 3.00. The number of aryl methyl sites for hydroxylation is 2. The number of nitrogens with zero attached hydrogens (tertiary/aromatic N) is 1. The molecule has 0 bridgehead atoms. The van der Waals surface area contributed by atoms with Gasteiger partial charge in [-0.05, 0) is 62.6 Å². The Morgan fingerprint density at radius 2 is 1.64 bits per heavy atom. The molecule has 0 unspecified atom stereocenters. The Morgan fingerprint density at radius 3 is 2.31 bits per heavy atom. The lowest BCUT2D eigenvalue weighted by Gasteiger charge is -2.32. The van der Waals surface area contributed by atoms with Crippen LogP contribution in [0.3, 0.4) is 0 Å². The lowest BCUT2D eigenvalue weighted by molar-refractivity contribution is -0.143. The van der Waals surface area contributed by atoms with E-state index in [4.69, 9.17) is 9.47 Å². The zero-order valence-electron chi connectivity index (χ0n) is 21.8. The first-order valence-electron chi connectivity index (χ1n) is 12.2. The number of carbonyl (C=O) groups is 2. The van der Waals surface area contributed by atoms with Gasteiger partial charge in [0.05, 0.1) is 7.11 Å². The topological polar surface area (TPSA) is 67.9 Å². The number of hydrogen-bond donors (Lipinski definition) is 1. The van der Waals surface area contributed by atoms with Crippen molar-refractivity contribution in [1.82, 2.24) is 10.2 Å². The van der Waals surface area contributed by atoms with Crippen molar-refractivity contribution < 1.29 is 19.1 Å². The van der Waals surface area contributed by atoms with Gasteiger partial charge in [0, 0.05) is 19.0 Å². The van der Waals surface area contributed by atoms with E-state index in [1.54, 1.807) is 12.0 Å². The van der Waals surface area contributed by atoms with Gasteiger partial charge in [-0.25, -0.2) is 0 Å². The average Bonchev–Trinajstić information content (AvgIpc) is 2.85. The van der Waals surface area contributed by atoms with E-state index in [2.05, 4.69) is 5.32 Å². The molecule has 0 saturated heterocycles. The number of hydrogen-bond acceptors (Lipinski definition) is 4. The van der Waals surface area contributed by atoms with Crippen molar-refractivity contribution in [1.29, 1.82) is 0 Å². The van der Waals surface area contributed by atoms with Crippen molar-refractivity contribution in [3.05, 3.63) is 95.1 Å². The maximum Gasteiger partial charge on any atom is 0.261 e. The van der Waals surface area contributed by atoms with Crippen LogP contribution in [0.5, 0.6) is 11.5 Å². The SMILES string of the molecule is COc1cccc(CN(C(=O)COc2ccc(C)cc2C)[C@H](Cc2ccccc2)C(=O)NC(C)C)c1. The monoisotopic (exact) mass is 488 g/mol. The van der Waals surface area contributed by atoms with Crippen molar-refractivity contribution in [2.75, 3.05) is 13.7 Å². The Balaban J connectivity index is 1.93. The minimum atomic E-state index is -0.712. The molecule has 0 aromatic heterocycles. The summed E-state index contributed by atoms with van der Waals surface area (Å²) in [6.45, 7) is 7.86. The van der Waals surface area contributed by atoms with Crippen molar-refractivity contribution >= 4 is 11.8 Å². The standard InChI is InChI=1S/C30H36N2O4/c1-21(2)31-30(34)27(18-24-10-7-6-8-11-24)32(19-25-12-9-13-26(17-25)35-5)29(33)20-36-28-15-14-22(3)16-23(28)4/h6-17,21,27H,18-20H2,1-5H3,(H,31,34)/t27-/m1/s1. The first-order chi connectivity index (χ1) is 17.3. The van der Waals surface area contributed by atoms with Gasteiger partial charge in [0.1, 0.15) is 17.5 Å². The second-order valence-corrected chi connectivity index (χ2v) is 9.30. The lowest BCUT2D eigenvalue weighted by Crippen LogP contribution is -2.52. The fourth-order valence-electron chi connectivity index (χ4n) is 4.09. The first-order valence-corrected chi connectivity index (χ1v) is 12.2. The quantitative estimate of drug-likeness (QED) is 0.419. The van der Waals surface area contributed by atoms with Crippen LogP contribution in [0.15, 0.2) is 72.8 Å². The molecule has 6 heteroatoms. The van der Waals surface area contributed by atoms with Gasteiger partial charge in [0.25, 0.3) is 5.91 Å². The van der Waals surface area contributed by atoms with Crippen LogP contribution in [0.25, 0.3) is 0 Å². The molecule has 3 aromatic carbocycles. The maximum atomic E-state index is 13.7. The van der Waals surface area contributed by atoms with Gasteiger partial charge in [-0.1, -0.05) is 60.2 Å². The summed E-state index contributed by atoms with van der Waals surface area (Å²) in [6.07, 6.45) is 0.388. The molecule has 36 heavy (non-hydrogen) atoms. The predicted molar refractivity (Wildman–Crippen MR) is 142 cm³/mol. The maximum absolute atomic E-state index is 13.7. The highest BCUT2D eigenvalue weighted by molar-refractivity contribution is 5.88. The Bertz CT molecular complexity index is 1160. The minimum Gasteiger partial charge on any atom is -0.497 e. The summed E-state index contributed by atoms with van der Waals surface area (Å²) in [6, 6.07) is 22.3. The molecule has 0 aliphatic heterocycles. The van der Waals surface area contributed by atoms with Gasteiger partial charge in [0.2, 0.25) is 5.91 Å². The molecule has 2 amide bonds. The van der Waals surface area contributed by atoms with Crippen LogP contribution in [0.4, 0.5) is 0 Å². The molecule has 0 fully saturated rings. The molecule has 0 saturated carbocycles. The van der Waals surface area contributed by atoms with E-state index < -0.39 is 6.04 Å². The summed E-state index contributed by atoms with van der Waals surface area (Å²) in [5.74, 6) is 0.883. The summed E-state index contributed by atoms with van der Waals surface area (Å²) in [7, 11) is 1.61. The highest BCUT2D eigenvalue weighted by atomic mass is 16.5. The highest BCUT2D eigenvalue weighted by Gasteiger charge is 2.31. The lowest BCUT2D eigenvalue weighted by atomic mass is 10.0. The smallest absolute Gasteiger partial charge is 0.261 e. The van der Waals surface area contributed by atoms with Crippen LogP contribution in [0, 0.1) is 13.8 Å². The zero-order chi connectivity index (χ0) is 26.1. The van der Waals surface area contributed by atoms with Gasteiger partial charge >= 0.3 is 0 Å². The third-order valence-corrected chi connectivity index (χ3v) is 5.87. The van der Waals surface area contributed by atoms with Gasteiger partial charge in [0.15, 0.2) is 6.61 Å². The van der Waals surface area contributed by atoms with Crippen LogP contribution >= 0.6 is 0 Å². The van der Waals surface area contributed by atoms with E-state index in [-0.39, 0.29) is 31.0 Å². The van der Waals surface area contributed by atoms with Gasteiger partial charge in [-0.15, -0.1) is 0 Å². The molecule has 0 aliphatic carbocycles. The Labute approximate surface area is 214 Å². The fourth-order valence-corrected chi connectivity index (χ4v) is 4.09. The molecular weight excluding hydrogens is 452 g/mol. The molecular formula is C30H36N2O4.